The van der Waals surface area contributed by atoms with Crippen LogP contribution < -0.4 is 9.64 Å². The number of nitro benzene ring substituents is 2. The molecule has 0 aromatic heterocycles. The number of anilines is 1. The molecule has 1 aliphatic rings. The molecule has 1 heterocycles. The third kappa shape index (κ3) is 5.29. The first-order valence-electron chi connectivity index (χ1n) is 12.5. The number of fused-ring (bicyclic) bond motifs is 1. The molecule has 0 fully saturated rings. The van der Waals surface area contributed by atoms with Gasteiger partial charge in [0.1, 0.15) is 11.4 Å². The maximum absolute atomic E-state index is 13.4. The van der Waals surface area contributed by atoms with Gasteiger partial charge in [0.15, 0.2) is 6.10 Å². The minimum Gasteiger partial charge on any atom is -0.496 e. The summed E-state index contributed by atoms with van der Waals surface area (Å²) in [4.78, 5) is 75.2. The van der Waals surface area contributed by atoms with Gasteiger partial charge in [-0.3, -0.25) is 34.6 Å². The van der Waals surface area contributed by atoms with Crippen molar-refractivity contribution in [3.05, 3.63) is 139 Å². The number of rotatable bonds is 9. The largest absolute Gasteiger partial charge is 0.496 e. The number of Topliss-reactive ketones (excluding diaryl/α,β-unsaturated/α-hetero) is 1. The molecular formula is C30H19N3O10. The zero-order valence-corrected chi connectivity index (χ0v) is 22.2. The molecule has 5 rings (SSSR count). The molecular weight excluding hydrogens is 562 g/mol. The van der Waals surface area contributed by atoms with Crippen molar-refractivity contribution < 1.29 is 38.5 Å². The number of carbonyl (C=O) groups is 4. The van der Waals surface area contributed by atoms with Gasteiger partial charge in [-0.25, -0.2) is 9.69 Å². The lowest BCUT2D eigenvalue weighted by molar-refractivity contribution is -0.384. The highest BCUT2D eigenvalue weighted by molar-refractivity contribution is 6.35. The Morgan fingerprint density at radius 1 is 0.767 bits per heavy atom. The molecule has 0 spiro atoms. The number of esters is 1. The van der Waals surface area contributed by atoms with Crippen LogP contribution in [0.5, 0.6) is 5.75 Å². The maximum Gasteiger partial charge on any atom is 0.339 e. The van der Waals surface area contributed by atoms with E-state index in [1.807, 2.05) is 0 Å². The highest BCUT2D eigenvalue weighted by atomic mass is 16.6. The molecule has 13 nitrogen and oxygen atoms in total. The number of carbonyl (C=O) groups excluding carboxylic acids is 4. The minimum absolute atomic E-state index is 0.0982. The first-order chi connectivity index (χ1) is 20.6. The molecule has 0 unspecified atom stereocenters. The van der Waals surface area contributed by atoms with E-state index < -0.39 is 45.2 Å². The molecule has 0 bridgehead atoms. The van der Waals surface area contributed by atoms with E-state index in [-0.39, 0.29) is 44.9 Å². The zero-order valence-electron chi connectivity index (χ0n) is 22.2. The molecule has 4 aromatic carbocycles. The van der Waals surface area contributed by atoms with Gasteiger partial charge in [0.25, 0.3) is 23.2 Å². The summed E-state index contributed by atoms with van der Waals surface area (Å²) < 4.78 is 10.6. The number of hydrogen-bond acceptors (Lipinski definition) is 10. The smallest absolute Gasteiger partial charge is 0.339 e. The molecule has 0 saturated heterocycles. The van der Waals surface area contributed by atoms with E-state index in [4.69, 9.17) is 9.47 Å². The number of ketones is 1. The van der Waals surface area contributed by atoms with Crippen LogP contribution in [0, 0.1) is 20.2 Å². The SMILES string of the molecule is COc1ccc(N2C(=O)c3ccc(C(=O)O[C@H](C(=O)c4ccccc4)c4ccc([N+](=O)[O-])cc4)cc3C2=O)c([N+](=O)[O-])c1. The fraction of sp³-hybridized carbons (Fsp3) is 0.0667. The molecule has 0 saturated carbocycles. The number of methoxy groups -OCH3 is 1. The first-order valence-corrected chi connectivity index (χ1v) is 12.5. The average Bonchev–Trinajstić information content (AvgIpc) is 3.27. The molecule has 214 valence electrons. The van der Waals surface area contributed by atoms with E-state index in [2.05, 4.69) is 0 Å². The van der Waals surface area contributed by atoms with E-state index in [1.54, 1.807) is 18.2 Å². The van der Waals surface area contributed by atoms with Gasteiger partial charge >= 0.3 is 5.97 Å². The van der Waals surface area contributed by atoms with Gasteiger partial charge in [0.05, 0.1) is 39.7 Å². The highest BCUT2D eigenvalue weighted by Crippen LogP contribution is 2.37. The van der Waals surface area contributed by atoms with Gasteiger partial charge in [-0.1, -0.05) is 30.3 Å². The van der Waals surface area contributed by atoms with Crippen LogP contribution in [-0.2, 0) is 4.74 Å². The summed E-state index contributed by atoms with van der Waals surface area (Å²) in [6.45, 7) is 0. The van der Waals surface area contributed by atoms with Gasteiger partial charge < -0.3 is 9.47 Å². The Bertz CT molecular complexity index is 1820. The van der Waals surface area contributed by atoms with Gasteiger partial charge in [-0.05, 0) is 42.5 Å². The summed E-state index contributed by atoms with van der Waals surface area (Å²) in [5.74, 6) is -3.23. The molecule has 0 N–H and O–H groups in total. The number of nitro groups is 2. The van der Waals surface area contributed by atoms with E-state index in [0.29, 0.717) is 4.90 Å². The molecule has 2 amide bonds. The third-order valence-electron chi connectivity index (χ3n) is 6.67. The van der Waals surface area contributed by atoms with Crippen molar-refractivity contribution in [2.24, 2.45) is 0 Å². The lowest BCUT2D eigenvalue weighted by Crippen LogP contribution is -2.30. The number of nitrogens with zero attached hydrogens (tertiary/aromatic N) is 3. The first kappa shape index (κ1) is 28.3. The van der Waals surface area contributed by atoms with Crippen LogP contribution in [0.25, 0.3) is 0 Å². The van der Waals surface area contributed by atoms with Crippen LogP contribution in [0.4, 0.5) is 17.1 Å². The second kappa shape index (κ2) is 11.3. The van der Waals surface area contributed by atoms with E-state index in [9.17, 15) is 39.4 Å². The Labute approximate surface area is 242 Å². The van der Waals surface area contributed by atoms with E-state index in [0.717, 1.165) is 12.1 Å². The predicted molar refractivity (Wildman–Crippen MR) is 149 cm³/mol. The van der Waals surface area contributed by atoms with Gasteiger partial charge in [-0.15, -0.1) is 0 Å². The summed E-state index contributed by atoms with van der Waals surface area (Å²) in [7, 11) is 1.31. The van der Waals surface area contributed by atoms with Gasteiger partial charge in [0, 0.05) is 23.3 Å². The minimum atomic E-state index is -1.50. The molecule has 0 aliphatic carbocycles. The van der Waals surface area contributed by atoms with Crippen LogP contribution in [0.1, 0.15) is 53.1 Å². The summed E-state index contributed by atoms with van der Waals surface area (Å²) in [5, 5.41) is 22.8. The summed E-state index contributed by atoms with van der Waals surface area (Å²) in [6, 6.07) is 20.0. The molecule has 1 aliphatic heterocycles. The van der Waals surface area contributed by atoms with Crippen molar-refractivity contribution in [2.45, 2.75) is 6.10 Å². The maximum atomic E-state index is 13.4. The fourth-order valence-corrected chi connectivity index (χ4v) is 4.52. The van der Waals surface area contributed by atoms with Crippen molar-refractivity contribution in [3.8, 4) is 5.75 Å². The molecule has 4 aromatic rings. The Morgan fingerprint density at radius 2 is 1.44 bits per heavy atom. The molecule has 43 heavy (non-hydrogen) atoms. The zero-order chi connectivity index (χ0) is 30.8. The van der Waals surface area contributed by atoms with Crippen LogP contribution in [-0.4, -0.2) is 40.5 Å². The van der Waals surface area contributed by atoms with Crippen LogP contribution in [0.3, 0.4) is 0 Å². The Kier molecular flexibility index (Phi) is 7.45. The molecule has 1 atom stereocenters. The van der Waals surface area contributed by atoms with E-state index >= 15 is 0 Å². The number of amides is 2. The van der Waals surface area contributed by atoms with E-state index in [1.165, 1.54) is 67.8 Å². The highest BCUT2D eigenvalue weighted by Gasteiger charge is 2.40. The molecule has 0 radical (unpaired) electrons. The Balaban J connectivity index is 1.47. The molecule has 13 heteroatoms. The Hall–Kier alpha value is -6.24. The average molecular weight is 581 g/mol. The van der Waals surface area contributed by atoms with Gasteiger partial charge in [-0.2, -0.15) is 0 Å². The normalized spacial score (nSPS) is 12.8. The second-order valence-electron chi connectivity index (χ2n) is 9.18. The number of benzene rings is 4. The standard InChI is InChI=1S/C30H19N3O10/c1-42-21-12-14-24(25(16-21)33(40)41)31-28(35)22-13-9-19(15-23(22)29(31)36)30(37)43-27(26(34)17-5-3-2-4-6-17)18-7-10-20(11-8-18)32(38)39/h2-16,27H,1H3/t27-/m0/s1. The summed E-state index contributed by atoms with van der Waals surface area (Å²) in [6.07, 6.45) is -1.50. The van der Waals surface area contributed by atoms with Crippen molar-refractivity contribution in [2.75, 3.05) is 12.0 Å². The second-order valence-corrected chi connectivity index (χ2v) is 9.18. The third-order valence-corrected chi connectivity index (χ3v) is 6.67. The lowest BCUT2D eigenvalue weighted by atomic mass is 9.99. The number of imide groups is 1. The number of ether oxygens (including phenoxy) is 2. The van der Waals surface area contributed by atoms with Crippen LogP contribution in [0.15, 0.2) is 91.0 Å². The van der Waals surface area contributed by atoms with Crippen molar-refractivity contribution >= 4 is 40.6 Å². The number of hydrogen-bond donors (Lipinski definition) is 0. The van der Waals surface area contributed by atoms with Crippen molar-refractivity contribution in [1.82, 2.24) is 0 Å². The Morgan fingerprint density at radius 3 is 2.07 bits per heavy atom. The van der Waals surface area contributed by atoms with Gasteiger partial charge in [0.2, 0.25) is 5.78 Å². The van der Waals surface area contributed by atoms with Crippen LogP contribution >= 0.6 is 0 Å². The monoisotopic (exact) mass is 581 g/mol. The van der Waals surface area contributed by atoms with Crippen LogP contribution in [0.2, 0.25) is 0 Å². The summed E-state index contributed by atoms with van der Waals surface area (Å²) in [5.41, 5.74) is -1.16. The predicted octanol–water partition coefficient (Wildman–Crippen LogP) is 5.09. The quantitative estimate of drug-likeness (QED) is 0.0850. The fourth-order valence-electron chi connectivity index (χ4n) is 4.52. The topological polar surface area (TPSA) is 176 Å². The number of non-ortho nitro benzene ring substituents is 1. The van der Waals surface area contributed by atoms with Crippen molar-refractivity contribution in [1.29, 1.82) is 0 Å². The lowest BCUT2D eigenvalue weighted by Gasteiger charge is -2.17. The van der Waals surface area contributed by atoms with Crippen molar-refractivity contribution in [3.63, 3.8) is 0 Å². The summed E-state index contributed by atoms with van der Waals surface area (Å²) >= 11 is 0.